The van der Waals surface area contributed by atoms with Crippen molar-refractivity contribution in [3.8, 4) is 0 Å². The van der Waals surface area contributed by atoms with Gasteiger partial charge in [-0.25, -0.2) is 4.79 Å². The Hall–Kier alpha value is -2.16. The summed E-state index contributed by atoms with van der Waals surface area (Å²) in [5, 5.41) is 12.0. The lowest BCUT2D eigenvalue weighted by Gasteiger charge is -2.32. The van der Waals surface area contributed by atoms with E-state index in [1.165, 1.54) is 4.90 Å². The van der Waals surface area contributed by atoms with Crippen LogP contribution in [0.1, 0.15) is 66.2 Å². The zero-order valence-electron chi connectivity index (χ0n) is 19.2. The minimum Gasteiger partial charge on any atom is -0.480 e. The Labute approximate surface area is 184 Å². The average Bonchev–Trinajstić information content (AvgIpc) is 3.34. The molecule has 0 aromatic heterocycles. The molecule has 9 nitrogen and oxygen atoms in total. The summed E-state index contributed by atoms with van der Waals surface area (Å²) < 4.78 is 0. The zero-order chi connectivity index (χ0) is 23.3. The van der Waals surface area contributed by atoms with Crippen LogP contribution in [-0.4, -0.2) is 75.9 Å². The van der Waals surface area contributed by atoms with E-state index in [2.05, 4.69) is 5.32 Å². The first-order chi connectivity index (χ1) is 14.5. The number of carboxylic acid groups (broad SMARTS) is 1. The summed E-state index contributed by atoms with van der Waals surface area (Å²) in [6, 6.07) is -2.93. The standard InChI is InChI=1S/C22H38N4O5/c1-13(2)11-15(23)20(28)26-10-6-8-18(26)21(29)25-9-5-7-17(25)19(27)24-16(22(30)31)12-14(3)4/h13-18H,5-12,23H2,1-4H3,(H,24,27)(H,30,31). The first-order valence-electron chi connectivity index (χ1n) is 11.4. The molecule has 31 heavy (non-hydrogen) atoms. The minimum atomic E-state index is -1.08. The van der Waals surface area contributed by atoms with E-state index < -0.39 is 36.0 Å². The summed E-state index contributed by atoms with van der Waals surface area (Å²) in [6.45, 7) is 8.69. The molecule has 176 valence electrons. The van der Waals surface area contributed by atoms with Gasteiger partial charge in [0.15, 0.2) is 0 Å². The number of nitrogens with two attached hydrogens (primary N) is 1. The van der Waals surface area contributed by atoms with Crippen molar-refractivity contribution in [1.29, 1.82) is 0 Å². The highest BCUT2D eigenvalue weighted by Gasteiger charge is 2.43. The highest BCUT2D eigenvalue weighted by Crippen LogP contribution is 2.26. The molecule has 4 N–H and O–H groups in total. The summed E-state index contributed by atoms with van der Waals surface area (Å²) in [6.07, 6.45) is 3.29. The first kappa shape index (κ1) is 25.1. The number of hydrogen-bond donors (Lipinski definition) is 3. The van der Waals surface area contributed by atoms with Crippen molar-refractivity contribution in [2.75, 3.05) is 13.1 Å². The smallest absolute Gasteiger partial charge is 0.326 e. The van der Waals surface area contributed by atoms with E-state index in [1.807, 2.05) is 27.7 Å². The van der Waals surface area contributed by atoms with Gasteiger partial charge in [0.1, 0.15) is 18.1 Å². The molecular formula is C22H38N4O5. The molecule has 4 unspecified atom stereocenters. The molecule has 9 heteroatoms. The molecule has 0 spiro atoms. The number of hydrogen-bond acceptors (Lipinski definition) is 5. The number of nitrogens with one attached hydrogen (secondary N) is 1. The van der Waals surface area contributed by atoms with Gasteiger partial charge in [-0.3, -0.25) is 14.4 Å². The predicted octanol–water partition coefficient (Wildman–Crippen LogP) is 0.957. The van der Waals surface area contributed by atoms with Gasteiger partial charge in [0, 0.05) is 13.1 Å². The third-order valence-electron chi connectivity index (χ3n) is 6.02. The number of carbonyl (C=O) groups is 4. The Kier molecular flexibility index (Phi) is 8.85. The van der Waals surface area contributed by atoms with E-state index in [0.717, 1.165) is 6.42 Å². The summed E-state index contributed by atoms with van der Waals surface area (Å²) in [5.74, 6) is -1.59. The number of likely N-dealkylation sites (tertiary alicyclic amines) is 2. The molecule has 0 radical (unpaired) electrons. The van der Waals surface area contributed by atoms with Crippen molar-refractivity contribution in [2.45, 2.75) is 90.4 Å². The van der Waals surface area contributed by atoms with Crippen molar-refractivity contribution in [3.05, 3.63) is 0 Å². The highest BCUT2D eigenvalue weighted by molar-refractivity contribution is 5.94. The van der Waals surface area contributed by atoms with Crippen LogP contribution >= 0.6 is 0 Å². The lowest BCUT2D eigenvalue weighted by atomic mass is 10.0. The summed E-state index contributed by atoms with van der Waals surface area (Å²) in [5.41, 5.74) is 6.08. The maximum Gasteiger partial charge on any atom is 0.326 e. The topological polar surface area (TPSA) is 133 Å². The van der Waals surface area contributed by atoms with Gasteiger partial charge in [0.2, 0.25) is 17.7 Å². The lowest BCUT2D eigenvalue weighted by molar-refractivity contribution is -0.148. The molecule has 0 aromatic carbocycles. The van der Waals surface area contributed by atoms with E-state index in [9.17, 15) is 24.3 Å². The Balaban J connectivity index is 2.08. The molecule has 2 fully saturated rings. The van der Waals surface area contributed by atoms with Crippen LogP contribution in [0.4, 0.5) is 0 Å². The van der Waals surface area contributed by atoms with Gasteiger partial charge in [-0.15, -0.1) is 0 Å². The minimum absolute atomic E-state index is 0.107. The van der Waals surface area contributed by atoms with Crippen molar-refractivity contribution >= 4 is 23.7 Å². The molecule has 4 atom stereocenters. The van der Waals surface area contributed by atoms with Crippen LogP contribution in [-0.2, 0) is 19.2 Å². The van der Waals surface area contributed by atoms with Crippen molar-refractivity contribution in [2.24, 2.45) is 17.6 Å². The SMILES string of the molecule is CC(C)CC(N)C(=O)N1CCCC1C(=O)N1CCCC1C(=O)NC(CC(C)C)C(=O)O. The molecular weight excluding hydrogens is 400 g/mol. The third kappa shape index (κ3) is 6.41. The van der Waals surface area contributed by atoms with Gasteiger partial charge in [0.25, 0.3) is 0 Å². The number of aliphatic carboxylic acids is 1. The second-order valence-corrected chi connectivity index (χ2v) is 9.64. The van der Waals surface area contributed by atoms with E-state index in [4.69, 9.17) is 5.73 Å². The van der Waals surface area contributed by atoms with Gasteiger partial charge >= 0.3 is 5.97 Å². The maximum absolute atomic E-state index is 13.3. The maximum atomic E-state index is 13.3. The molecule has 2 aliphatic heterocycles. The van der Waals surface area contributed by atoms with Crippen molar-refractivity contribution < 1.29 is 24.3 Å². The fourth-order valence-electron chi connectivity index (χ4n) is 4.56. The van der Waals surface area contributed by atoms with E-state index in [1.54, 1.807) is 4.90 Å². The van der Waals surface area contributed by atoms with Crippen LogP contribution in [0.15, 0.2) is 0 Å². The summed E-state index contributed by atoms with van der Waals surface area (Å²) in [7, 11) is 0. The van der Waals surface area contributed by atoms with Crippen LogP contribution in [0.5, 0.6) is 0 Å². The normalized spacial score (nSPS) is 23.3. The second kappa shape index (κ2) is 10.9. The molecule has 0 saturated carbocycles. The van der Waals surface area contributed by atoms with Gasteiger partial charge in [0.05, 0.1) is 6.04 Å². The van der Waals surface area contributed by atoms with Gasteiger partial charge in [-0.1, -0.05) is 27.7 Å². The highest BCUT2D eigenvalue weighted by atomic mass is 16.4. The van der Waals surface area contributed by atoms with Crippen LogP contribution in [0.3, 0.4) is 0 Å². The molecule has 0 aliphatic carbocycles. The molecule has 3 amide bonds. The molecule has 0 bridgehead atoms. The van der Waals surface area contributed by atoms with Gasteiger partial charge < -0.3 is 26.0 Å². The fraction of sp³-hybridized carbons (Fsp3) is 0.818. The van der Waals surface area contributed by atoms with Crippen LogP contribution < -0.4 is 11.1 Å². The second-order valence-electron chi connectivity index (χ2n) is 9.64. The van der Waals surface area contributed by atoms with Crippen LogP contribution in [0.25, 0.3) is 0 Å². The summed E-state index contributed by atoms with van der Waals surface area (Å²) in [4.78, 5) is 53.6. The van der Waals surface area contributed by atoms with Crippen LogP contribution in [0.2, 0.25) is 0 Å². The van der Waals surface area contributed by atoms with E-state index in [-0.39, 0.29) is 23.7 Å². The van der Waals surface area contributed by atoms with E-state index >= 15 is 0 Å². The van der Waals surface area contributed by atoms with Crippen molar-refractivity contribution in [3.63, 3.8) is 0 Å². The quantitative estimate of drug-likeness (QED) is 0.491. The number of carboxylic acids is 1. The number of carbonyl (C=O) groups excluding carboxylic acids is 3. The van der Waals surface area contributed by atoms with E-state index in [0.29, 0.717) is 45.2 Å². The molecule has 2 heterocycles. The number of amides is 3. The zero-order valence-corrected chi connectivity index (χ0v) is 19.2. The van der Waals surface area contributed by atoms with Gasteiger partial charge in [-0.05, 0) is 50.4 Å². The van der Waals surface area contributed by atoms with Gasteiger partial charge in [-0.2, -0.15) is 0 Å². The first-order valence-corrected chi connectivity index (χ1v) is 11.4. The predicted molar refractivity (Wildman–Crippen MR) is 116 cm³/mol. The monoisotopic (exact) mass is 438 g/mol. The third-order valence-corrected chi connectivity index (χ3v) is 6.02. The average molecular weight is 439 g/mol. The number of rotatable bonds is 9. The Bertz CT molecular complexity index is 681. The molecule has 0 aromatic rings. The lowest BCUT2D eigenvalue weighted by Crippen LogP contribution is -2.56. The fourth-order valence-corrected chi connectivity index (χ4v) is 4.56. The Morgan fingerprint density at radius 3 is 2.03 bits per heavy atom. The van der Waals surface area contributed by atoms with Crippen LogP contribution in [0, 0.1) is 11.8 Å². The largest absolute Gasteiger partial charge is 0.480 e. The van der Waals surface area contributed by atoms with Crippen molar-refractivity contribution in [1.82, 2.24) is 15.1 Å². The Morgan fingerprint density at radius 2 is 1.48 bits per heavy atom. The Morgan fingerprint density at radius 1 is 0.935 bits per heavy atom. The molecule has 2 rings (SSSR count). The number of nitrogens with zero attached hydrogens (tertiary/aromatic N) is 2. The summed E-state index contributed by atoms with van der Waals surface area (Å²) >= 11 is 0. The molecule has 2 aliphatic rings. The molecule has 2 saturated heterocycles.